The lowest BCUT2D eigenvalue weighted by atomic mass is 10.1. The number of nitrogens with zero attached hydrogens (tertiary/aromatic N) is 7. The number of imidazole rings is 1. The normalized spacial score (nSPS) is 23.3. The van der Waals surface area contributed by atoms with E-state index < -0.39 is 89.5 Å². The molecule has 3 aliphatic heterocycles. The minimum Gasteiger partial charge on any atom is -0.388 e. The number of nitrogen functional groups attached to an aromatic ring is 1. The lowest BCUT2D eigenvalue weighted by Gasteiger charge is -2.26. The molecule has 1 fully saturated rings. The van der Waals surface area contributed by atoms with Crippen LogP contribution in [-0.4, -0.2) is 124 Å². The number of ether oxygens (including phenoxy) is 1. The second-order valence-electron chi connectivity index (χ2n) is 12.1. The summed E-state index contributed by atoms with van der Waals surface area (Å²) >= 11 is 0. The fourth-order valence-corrected chi connectivity index (χ4v) is 7.65. The Bertz CT molecular complexity index is 2350. The summed E-state index contributed by atoms with van der Waals surface area (Å²) in [6, 6.07) is 3.29. The van der Waals surface area contributed by atoms with Crippen molar-refractivity contribution in [1.82, 2.24) is 39.0 Å². The third-order valence-electron chi connectivity index (χ3n) is 8.40. The molecule has 53 heavy (non-hydrogen) atoms. The van der Waals surface area contributed by atoms with Gasteiger partial charge in [-0.2, -0.15) is 9.29 Å². The van der Waals surface area contributed by atoms with E-state index in [1.807, 2.05) is 4.98 Å². The molecule has 5 unspecified atom stereocenters. The number of anilines is 1. The Labute approximate surface area is 295 Å². The zero-order valence-electron chi connectivity index (χ0n) is 27.5. The van der Waals surface area contributed by atoms with Gasteiger partial charge in [0.1, 0.15) is 48.5 Å². The minimum atomic E-state index is -5.54. The number of aliphatic hydroxyl groups is 5. The number of nitrogens with two attached hydrogens (primary N) is 1. The van der Waals surface area contributed by atoms with Crippen LogP contribution in [0.25, 0.3) is 33.7 Å². The van der Waals surface area contributed by atoms with E-state index in [-0.39, 0.29) is 34.0 Å². The van der Waals surface area contributed by atoms with Gasteiger partial charge in [-0.3, -0.25) is 23.4 Å². The summed E-state index contributed by atoms with van der Waals surface area (Å²) in [6.07, 6.45) is -9.93. The number of hydrogen-bond donors (Lipinski definition) is 9. The summed E-state index contributed by atoms with van der Waals surface area (Å²) in [5, 5.41) is 53.0. The van der Waals surface area contributed by atoms with Crippen LogP contribution >= 0.6 is 15.6 Å². The molecule has 286 valence electrons. The zero-order chi connectivity index (χ0) is 38.6. The maximum Gasteiger partial charge on any atom is 0.481 e. The third kappa shape index (κ3) is 7.91. The van der Waals surface area contributed by atoms with Crippen molar-refractivity contribution in [2.75, 3.05) is 18.9 Å². The van der Waals surface area contributed by atoms with Gasteiger partial charge in [-0.25, -0.2) is 33.9 Å². The summed E-state index contributed by atoms with van der Waals surface area (Å²) in [6.45, 7) is 0.795. The zero-order valence-corrected chi connectivity index (χ0v) is 29.3. The standard InChI is InChI=1S/C27H33N9O15P2/c1-10-3-12-13(4-11(10)2)35(24-18(32-12)25(42)34-27(43)33-24)5-14(37)19(39)15(38)6-48-52(44,45)51-53(46,47)49-7-16-20(40)21(41)26(50-16)36-9-31-17-22(28)29-8-30-23(17)36/h3-4,8-9,14-16,19-21,26,37-41H,5-7H2,1-2H3,(H,44,45)(H,46,47)(H2,28,29,30)(H,34,42,43)/t14?,15?,16-,19?,20-,21-,26-/m1/s1/i7+1,16+1,20+1,21+1,26+1. The molecule has 5 heterocycles. The quantitative estimate of drug-likeness (QED) is 0.0340. The number of fused-ring (bicyclic) bond motifs is 3. The fourth-order valence-electron chi connectivity index (χ4n) is 5.55. The molecule has 3 aromatic rings. The van der Waals surface area contributed by atoms with Gasteiger partial charge in [-0.1, -0.05) is 0 Å². The Kier molecular flexibility index (Phi) is 10.6. The number of phosphoric acid groups is 2. The third-order valence-corrected chi connectivity index (χ3v) is 11.0. The van der Waals surface area contributed by atoms with Crippen molar-refractivity contribution in [2.45, 2.75) is 63.2 Å². The molecular weight excluding hydrogens is 757 g/mol. The van der Waals surface area contributed by atoms with E-state index in [1.165, 1.54) is 15.5 Å². The van der Waals surface area contributed by atoms with Crippen LogP contribution in [0.5, 0.6) is 0 Å². The highest BCUT2D eigenvalue weighted by Gasteiger charge is 2.46. The molecule has 26 heteroatoms. The van der Waals surface area contributed by atoms with E-state index in [0.29, 0.717) is 5.52 Å². The first-order valence-electron chi connectivity index (χ1n) is 15.4. The number of benzene rings is 1. The molecule has 24 nitrogen and oxygen atoms in total. The van der Waals surface area contributed by atoms with E-state index in [0.717, 1.165) is 17.5 Å². The van der Waals surface area contributed by atoms with Gasteiger partial charge in [-0.15, -0.1) is 0 Å². The van der Waals surface area contributed by atoms with Crippen molar-refractivity contribution >= 4 is 43.7 Å². The number of nitrogens with one attached hydrogen (secondary N) is 1. The summed E-state index contributed by atoms with van der Waals surface area (Å²) in [4.78, 5) is 66.6. The number of aliphatic hydroxyl groups excluding tert-OH is 5. The molecule has 9 atom stereocenters. The summed E-state index contributed by atoms with van der Waals surface area (Å²) in [7, 11) is -11.0. The maximum absolute atomic E-state index is 12.5. The van der Waals surface area contributed by atoms with E-state index in [9.17, 15) is 54.0 Å². The van der Waals surface area contributed by atoms with Crippen molar-refractivity contribution < 1.29 is 62.5 Å². The SMILES string of the molecule is Cc1cc2nc3c(=O)[nH]c(=O)nc-3n(CC(O)C(O)C(O)COP(=O)(O)OP(=O)(O)O[13CH2][13C@H]3O[13C@@H](n4cnc5c(N)ncnc54)[13C@H](O)[13C@@H]3O)c2cc1C. The van der Waals surface area contributed by atoms with Crippen LogP contribution in [0.2, 0.25) is 0 Å². The van der Waals surface area contributed by atoms with Gasteiger partial charge in [-0.05, 0) is 37.1 Å². The first-order chi connectivity index (χ1) is 24.9. The van der Waals surface area contributed by atoms with Crippen LogP contribution in [0.1, 0.15) is 17.4 Å². The molecule has 0 spiro atoms. The number of aromatic nitrogens is 8. The molecule has 0 saturated carbocycles. The van der Waals surface area contributed by atoms with Gasteiger partial charge >= 0.3 is 21.3 Å². The summed E-state index contributed by atoms with van der Waals surface area (Å²) in [5.41, 5.74) is 6.11. The number of phosphoric ester groups is 2. The average molecular weight is 791 g/mol. The topological polar surface area (TPSA) is 363 Å². The van der Waals surface area contributed by atoms with Crippen LogP contribution in [0.15, 0.2) is 34.4 Å². The smallest absolute Gasteiger partial charge is 0.388 e. The van der Waals surface area contributed by atoms with Gasteiger partial charge in [0.15, 0.2) is 29.2 Å². The monoisotopic (exact) mass is 790 g/mol. The molecule has 0 bridgehead atoms. The van der Waals surface area contributed by atoms with E-state index in [4.69, 9.17) is 15.0 Å². The van der Waals surface area contributed by atoms with Crippen LogP contribution in [0.4, 0.5) is 5.82 Å². The van der Waals surface area contributed by atoms with Gasteiger partial charge in [0.25, 0.3) is 5.56 Å². The van der Waals surface area contributed by atoms with Crippen molar-refractivity contribution in [2.24, 2.45) is 0 Å². The van der Waals surface area contributed by atoms with Crippen molar-refractivity contribution in [3.05, 3.63) is 56.8 Å². The van der Waals surface area contributed by atoms with Crippen LogP contribution in [0, 0.1) is 13.8 Å². The number of H-pyrrole nitrogens is 1. The second-order valence-corrected chi connectivity index (χ2v) is 15.1. The lowest BCUT2D eigenvalue weighted by Crippen LogP contribution is -2.42. The maximum atomic E-state index is 12.5. The van der Waals surface area contributed by atoms with Gasteiger partial charge in [0, 0.05) is 0 Å². The Balaban J connectivity index is 1.07. The Morgan fingerprint density at radius 3 is 2.42 bits per heavy atom. The molecule has 0 aliphatic carbocycles. The van der Waals surface area contributed by atoms with Crippen molar-refractivity contribution in [3.8, 4) is 11.5 Å². The highest BCUT2D eigenvalue weighted by atomic mass is 31.3. The van der Waals surface area contributed by atoms with Crippen LogP contribution in [-0.2, 0) is 33.8 Å². The van der Waals surface area contributed by atoms with Crippen LogP contribution in [0.3, 0.4) is 0 Å². The van der Waals surface area contributed by atoms with Gasteiger partial charge < -0.3 is 50.4 Å². The Morgan fingerprint density at radius 1 is 0.981 bits per heavy atom. The predicted octanol–water partition coefficient (Wildman–Crippen LogP) is -2.42. The molecule has 1 saturated heterocycles. The largest absolute Gasteiger partial charge is 0.481 e. The van der Waals surface area contributed by atoms with Crippen LogP contribution < -0.4 is 17.0 Å². The number of aromatic amines is 1. The first-order valence-corrected chi connectivity index (χ1v) is 18.4. The Morgan fingerprint density at radius 2 is 1.68 bits per heavy atom. The predicted molar refractivity (Wildman–Crippen MR) is 177 cm³/mol. The molecule has 3 aliphatic rings. The highest BCUT2D eigenvalue weighted by molar-refractivity contribution is 7.61. The Hall–Kier alpha value is -4.13. The van der Waals surface area contributed by atoms with E-state index in [1.54, 1.807) is 26.0 Å². The molecule has 10 N–H and O–H groups in total. The molecule has 2 aromatic heterocycles. The highest BCUT2D eigenvalue weighted by Crippen LogP contribution is 2.60. The average Bonchev–Trinajstić information content (AvgIpc) is 3.63. The molecule has 0 amide bonds. The molecular formula is C27H33N9O15P2. The minimum absolute atomic E-state index is 0.0293. The molecule has 1 aromatic carbocycles. The first kappa shape index (κ1) is 38.6. The summed E-state index contributed by atoms with van der Waals surface area (Å²) < 4.78 is 46.6. The van der Waals surface area contributed by atoms with Gasteiger partial charge in [0.2, 0.25) is 0 Å². The van der Waals surface area contributed by atoms with E-state index in [2.05, 4.69) is 33.8 Å². The molecule has 0 radical (unpaired) electrons. The number of aryl methyl sites for hydroxylation is 2. The van der Waals surface area contributed by atoms with Crippen molar-refractivity contribution in [1.29, 1.82) is 0 Å². The molecule has 6 rings (SSSR count). The van der Waals surface area contributed by atoms with Crippen molar-refractivity contribution in [3.63, 3.8) is 0 Å². The fraction of sp³-hybridized carbons (Fsp3) is 0.444. The van der Waals surface area contributed by atoms with Gasteiger partial charge in [0.05, 0.1) is 37.1 Å². The second kappa shape index (κ2) is 14.6. The lowest BCUT2D eigenvalue weighted by molar-refractivity contribution is -0.0794. The summed E-state index contributed by atoms with van der Waals surface area (Å²) in [5.74, 6) is -0.212. The van der Waals surface area contributed by atoms with E-state index >= 15 is 0 Å². The number of rotatable bonds is 13. The number of hydrogen-bond acceptors (Lipinski definition) is 19.